The Labute approximate surface area is 245 Å². The molecule has 9 aliphatic rings. The molecule has 0 radical (unpaired) electrons. The van der Waals surface area contributed by atoms with E-state index in [1.165, 1.54) is 70.6 Å². The SMILES string of the molecule is CCC(C)CC(CC)(CC)C1CC(C23CC4CCCC(C4)(C2)C3)=CC(C23CC4CCCC(C4)(C2)C3)=C1S(=O)(=O)O. The van der Waals surface area contributed by atoms with E-state index in [-0.39, 0.29) is 16.7 Å². The second-order valence-electron chi connectivity index (χ2n) is 17.1. The summed E-state index contributed by atoms with van der Waals surface area (Å²) in [4.78, 5) is 0.486. The molecule has 0 aromatic heterocycles. The lowest BCUT2D eigenvalue weighted by Gasteiger charge is -2.69. The molecule has 224 valence electrons. The first-order valence-corrected chi connectivity index (χ1v) is 18.8. The van der Waals surface area contributed by atoms with Crippen LogP contribution in [0.3, 0.4) is 0 Å². The van der Waals surface area contributed by atoms with E-state index >= 15 is 0 Å². The average Bonchev–Trinajstić information content (AvgIpc) is 2.88. The molecule has 3 nitrogen and oxygen atoms in total. The Morgan fingerprint density at radius 1 is 0.900 bits per heavy atom. The van der Waals surface area contributed by atoms with Crippen LogP contribution in [0.25, 0.3) is 0 Å². The van der Waals surface area contributed by atoms with Crippen molar-refractivity contribution in [1.82, 2.24) is 0 Å². The molecular formula is C36H56O3S. The number of rotatable bonds is 9. The fourth-order valence-electron chi connectivity index (χ4n) is 13.4. The highest BCUT2D eigenvalue weighted by Crippen LogP contribution is 2.76. The Morgan fingerprint density at radius 2 is 1.45 bits per heavy atom. The van der Waals surface area contributed by atoms with Crippen LogP contribution in [0.2, 0.25) is 0 Å². The van der Waals surface area contributed by atoms with Crippen molar-refractivity contribution in [3.05, 3.63) is 22.1 Å². The van der Waals surface area contributed by atoms with Crippen LogP contribution >= 0.6 is 0 Å². The van der Waals surface area contributed by atoms with Gasteiger partial charge >= 0.3 is 0 Å². The van der Waals surface area contributed by atoms with Crippen LogP contribution in [0, 0.1) is 50.7 Å². The third-order valence-corrected chi connectivity index (χ3v) is 15.8. The summed E-state index contributed by atoms with van der Waals surface area (Å²) in [6.07, 6.45) is 26.0. The standard InChI is InChI=1S/C36H56O3S/c1-5-25(4)16-34(6-2,7-3)29-14-28(35-19-26-10-8-12-32(17-26,21-35)22-35)15-30(31(29)40(37,38)39)36-20-27-11-9-13-33(18-27,23-36)24-36/h15,25-27,29H,5-14,16-24H2,1-4H3,(H,37,38,39). The molecule has 0 aromatic rings. The minimum absolute atomic E-state index is 0.0232. The van der Waals surface area contributed by atoms with Gasteiger partial charge in [0.2, 0.25) is 0 Å². The normalized spacial score (nSPS) is 44.8. The van der Waals surface area contributed by atoms with Gasteiger partial charge in [-0.2, -0.15) is 8.42 Å². The van der Waals surface area contributed by atoms with Crippen LogP contribution in [0.15, 0.2) is 22.1 Å². The van der Waals surface area contributed by atoms with E-state index in [0.29, 0.717) is 27.1 Å². The summed E-state index contributed by atoms with van der Waals surface area (Å²) in [6.45, 7) is 9.23. The van der Waals surface area contributed by atoms with Gasteiger partial charge in [-0.3, -0.25) is 4.55 Å². The van der Waals surface area contributed by atoms with Crippen molar-refractivity contribution in [2.24, 2.45) is 50.7 Å². The van der Waals surface area contributed by atoms with Gasteiger partial charge < -0.3 is 0 Å². The molecule has 4 heteroatoms. The van der Waals surface area contributed by atoms with Gasteiger partial charge in [-0.05, 0) is 140 Å². The summed E-state index contributed by atoms with van der Waals surface area (Å²) in [5.74, 6) is 2.08. The van der Waals surface area contributed by atoms with Gasteiger partial charge in [0, 0.05) is 5.92 Å². The zero-order valence-corrected chi connectivity index (χ0v) is 26.8. The van der Waals surface area contributed by atoms with Crippen LogP contribution in [0.4, 0.5) is 0 Å². The lowest BCUT2D eigenvalue weighted by atomic mass is 9.36. The highest BCUT2D eigenvalue weighted by Gasteiger charge is 2.66. The Morgan fingerprint density at radius 3 is 1.95 bits per heavy atom. The molecule has 9 rings (SSSR count). The highest BCUT2D eigenvalue weighted by atomic mass is 32.2. The Bertz CT molecular complexity index is 1190. The van der Waals surface area contributed by atoms with E-state index < -0.39 is 10.1 Å². The van der Waals surface area contributed by atoms with Crippen molar-refractivity contribution in [2.75, 3.05) is 0 Å². The largest absolute Gasteiger partial charge is 0.291 e. The predicted octanol–water partition coefficient (Wildman–Crippen LogP) is 10.0. The molecule has 0 aliphatic heterocycles. The number of allylic oxidation sites excluding steroid dienone is 4. The third-order valence-electron chi connectivity index (χ3n) is 14.7. The maximum absolute atomic E-state index is 13.7. The molecule has 0 amide bonds. The molecular weight excluding hydrogens is 512 g/mol. The first kappa shape index (κ1) is 28.2. The van der Waals surface area contributed by atoms with Crippen LogP contribution in [-0.4, -0.2) is 13.0 Å². The van der Waals surface area contributed by atoms with Crippen LogP contribution in [0.5, 0.6) is 0 Å². The summed E-state index contributed by atoms with van der Waals surface area (Å²) < 4.78 is 38.6. The first-order chi connectivity index (χ1) is 18.9. The van der Waals surface area contributed by atoms with Gasteiger partial charge in [0.25, 0.3) is 10.1 Å². The van der Waals surface area contributed by atoms with Crippen molar-refractivity contribution in [2.45, 2.75) is 150 Å². The lowest BCUT2D eigenvalue weighted by molar-refractivity contribution is -0.130. The molecule has 1 N–H and O–H groups in total. The third kappa shape index (κ3) is 4.06. The number of hydrogen-bond donors (Lipinski definition) is 1. The quantitative estimate of drug-likeness (QED) is 0.282. The molecule has 0 saturated heterocycles. The van der Waals surface area contributed by atoms with Gasteiger partial charge in [-0.1, -0.05) is 71.4 Å². The minimum Gasteiger partial charge on any atom is -0.282 e. The summed E-state index contributed by atoms with van der Waals surface area (Å²) in [7, 11) is -4.30. The smallest absolute Gasteiger partial charge is 0.282 e. The van der Waals surface area contributed by atoms with Crippen molar-refractivity contribution in [3.63, 3.8) is 0 Å². The summed E-state index contributed by atoms with van der Waals surface area (Å²) >= 11 is 0. The van der Waals surface area contributed by atoms with Gasteiger partial charge in [-0.25, -0.2) is 0 Å². The molecule has 0 aromatic carbocycles. The summed E-state index contributed by atoms with van der Waals surface area (Å²) in [5, 5.41) is 0. The highest BCUT2D eigenvalue weighted by molar-refractivity contribution is 7.89. The summed E-state index contributed by atoms with van der Waals surface area (Å²) in [6, 6.07) is 0. The molecule has 6 bridgehead atoms. The maximum atomic E-state index is 13.7. The van der Waals surface area contributed by atoms with E-state index in [0.717, 1.165) is 68.8 Å². The van der Waals surface area contributed by atoms with E-state index in [1.807, 2.05) is 0 Å². The molecule has 8 fully saturated rings. The van der Waals surface area contributed by atoms with Crippen LogP contribution in [-0.2, 0) is 10.1 Å². The average molecular weight is 569 g/mol. The Kier molecular flexibility index (Phi) is 6.48. The Hall–Kier alpha value is -0.610. The zero-order valence-electron chi connectivity index (χ0n) is 26.0. The first-order valence-electron chi connectivity index (χ1n) is 17.4. The Balaban J connectivity index is 1.39. The van der Waals surface area contributed by atoms with Crippen LogP contribution in [0.1, 0.15) is 150 Å². The van der Waals surface area contributed by atoms with Crippen LogP contribution < -0.4 is 0 Å². The molecule has 8 saturated carbocycles. The van der Waals surface area contributed by atoms with E-state index in [2.05, 4.69) is 33.8 Å². The summed E-state index contributed by atoms with van der Waals surface area (Å²) in [5.41, 5.74) is 3.94. The van der Waals surface area contributed by atoms with E-state index in [1.54, 1.807) is 5.57 Å². The molecule has 9 aliphatic carbocycles. The van der Waals surface area contributed by atoms with E-state index in [9.17, 15) is 13.0 Å². The van der Waals surface area contributed by atoms with Crippen molar-refractivity contribution < 1.29 is 13.0 Å². The van der Waals surface area contributed by atoms with Crippen molar-refractivity contribution >= 4 is 10.1 Å². The maximum Gasteiger partial charge on any atom is 0.291 e. The second-order valence-corrected chi connectivity index (χ2v) is 18.5. The van der Waals surface area contributed by atoms with Gasteiger partial charge in [0.15, 0.2) is 0 Å². The zero-order chi connectivity index (χ0) is 28.2. The molecule has 40 heavy (non-hydrogen) atoms. The fraction of sp³-hybridized carbons (Fsp3) is 0.889. The molecule has 0 heterocycles. The molecule has 4 atom stereocenters. The van der Waals surface area contributed by atoms with Gasteiger partial charge in [-0.15, -0.1) is 0 Å². The molecule has 4 unspecified atom stereocenters. The van der Waals surface area contributed by atoms with Gasteiger partial charge in [0.1, 0.15) is 0 Å². The topological polar surface area (TPSA) is 54.4 Å². The van der Waals surface area contributed by atoms with Crippen molar-refractivity contribution in [3.8, 4) is 0 Å². The second kappa shape index (κ2) is 9.20. The monoisotopic (exact) mass is 568 g/mol. The predicted molar refractivity (Wildman–Crippen MR) is 163 cm³/mol. The lowest BCUT2D eigenvalue weighted by Crippen LogP contribution is -2.58. The van der Waals surface area contributed by atoms with E-state index in [4.69, 9.17) is 0 Å². The minimum atomic E-state index is -4.30. The van der Waals surface area contributed by atoms with Crippen molar-refractivity contribution in [1.29, 1.82) is 0 Å². The number of hydrogen-bond acceptors (Lipinski definition) is 2. The molecule has 2 spiro atoms. The fourth-order valence-corrected chi connectivity index (χ4v) is 14.6. The van der Waals surface area contributed by atoms with Gasteiger partial charge in [0.05, 0.1) is 4.91 Å².